The van der Waals surface area contributed by atoms with Crippen LogP contribution in [0.25, 0.3) is 0 Å². The zero-order valence-electron chi connectivity index (χ0n) is 12.6. The third kappa shape index (κ3) is 3.32. The minimum atomic E-state index is -3.57. The molecule has 1 aromatic carbocycles. The van der Waals surface area contributed by atoms with Crippen LogP contribution in [-0.4, -0.2) is 34.7 Å². The molecule has 2 heterocycles. The van der Waals surface area contributed by atoms with Crippen LogP contribution in [0.4, 0.5) is 0 Å². The van der Waals surface area contributed by atoms with Gasteiger partial charge in [0.2, 0.25) is 10.0 Å². The van der Waals surface area contributed by atoms with Gasteiger partial charge < -0.3 is 10.1 Å². The number of hydrogen-bond donors (Lipinski definition) is 2. The van der Waals surface area contributed by atoms with Crippen LogP contribution >= 0.6 is 15.9 Å². The van der Waals surface area contributed by atoms with E-state index in [-0.39, 0.29) is 10.3 Å². The molecule has 2 N–H and O–H groups in total. The van der Waals surface area contributed by atoms with Crippen molar-refractivity contribution < 1.29 is 13.2 Å². The van der Waals surface area contributed by atoms with Crippen molar-refractivity contribution in [2.45, 2.75) is 31.1 Å². The van der Waals surface area contributed by atoms with Crippen molar-refractivity contribution in [3.8, 4) is 5.75 Å². The second-order valence-electron chi connectivity index (χ2n) is 6.38. The Kier molecular flexibility index (Phi) is 4.51. The van der Waals surface area contributed by atoms with Gasteiger partial charge in [-0.1, -0.05) is 22.9 Å². The first kappa shape index (κ1) is 16.2. The predicted molar refractivity (Wildman–Crippen MR) is 88.7 cm³/mol. The second kappa shape index (κ2) is 6.11. The number of benzene rings is 1. The highest BCUT2D eigenvalue weighted by atomic mass is 79.9. The second-order valence-corrected chi connectivity index (χ2v) is 9.03. The number of hydrogen-bond acceptors (Lipinski definition) is 4. The number of halogens is 1. The Bertz CT molecular complexity index is 670. The van der Waals surface area contributed by atoms with Crippen LogP contribution < -0.4 is 14.8 Å². The first-order chi connectivity index (χ1) is 10.4. The number of ether oxygens (including phenoxy) is 1. The average molecular weight is 389 g/mol. The molecular weight excluding hydrogens is 368 g/mol. The van der Waals surface area contributed by atoms with E-state index >= 15 is 0 Å². The van der Waals surface area contributed by atoms with Crippen LogP contribution in [-0.2, 0) is 16.4 Å². The fourth-order valence-corrected chi connectivity index (χ4v) is 5.06. The fraction of sp³-hybridized carbons (Fsp3) is 0.600. The molecule has 0 aliphatic carbocycles. The van der Waals surface area contributed by atoms with Crippen molar-refractivity contribution in [1.82, 2.24) is 10.0 Å². The van der Waals surface area contributed by atoms with Gasteiger partial charge in [0.05, 0.1) is 6.61 Å². The maximum atomic E-state index is 12.7. The third-order valence-corrected chi connectivity index (χ3v) is 6.37. The highest BCUT2D eigenvalue weighted by Gasteiger charge is 2.31. The molecule has 22 heavy (non-hydrogen) atoms. The van der Waals surface area contributed by atoms with Gasteiger partial charge in [-0.3, -0.25) is 0 Å². The van der Waals surface area contributed by atoms with Crippen LogP contribution in [0.15, 0.2) is 21.5 Å². The number of piperidine rings is 1. The summed E-state index contributed by atoms with van der Waals surface area (Å²) in [5.74, 6) is 0.506. The smallest absolute Gasteiger partial charge is 0.244 e. The molecule has 2 aliphatic rings. The SMILES string of the molecule is CC1(CNS(=O)(=O)c2cc(Br)cc3c2OCC3)CCNCC1. The Morgan fingerprint density at radius 3 is 2.82 bits per heavy atom. The molecular formula is C15H21BrN2O3S. The molecule has 0 atom stereocenters. The largest absolute Gasteiger partial charge is 0.492 e. The zero-order valence-corrected chi connectivity index (χ0v) is 15.0. The molecule has 1 fully saturated rings. The summed E-state index contributed by atoms with van der Waals surface area (Å²) >= 11 is 3.39. The molecule has 0 spiro atoms. The molecule has 0 bridgehead atoms. The number of fused-ring (bicyclic) bond motifs is 1. The Morgan fingerprint density at radius 1 is 1.36 bits per heavy atom. The summed E-state index contributed by atoms with van der Waals surface area (Å²) in [7, 11) is -3.57. The monoisotopic (exact) mass is 388 g/mol. The van der Waals surface area contributed by atoms with Crippen LogP contribution in [0, 0.1) is 5.41 Å². The Labute approximate surface area is 140 Å². The molecule has 5 nitrogen and oxygen atoms in total. The molecule has 0 amide bonds. The fourth-order valence-electron chi connectivity index (χ4n) is 2.99. The van der Waals surface area contributed by atoms with Crippen molar-refractivity contribution in [2.75, 3.05) is 26.2 Å². The van der Waals surface area contributed by atoms with Gasteiger partial charge in [-0.25, -0.2) is 13.1 Å². The summed E-state index contributed by atoms with van der Waals surface area (Å²) in [4.78, 5) is 0.243. The molecule has 2 aliphatic heterocycles. The van der Waals surface area contributed by atoms with Crippen molar-refractivity contribution in [2.24, 2.45) is 5.41 Å². The summed E-state index contributed by atoms with van der Waals surface area (Å²) in [6.45, 7) is 5.01. The van der Waals surface area contributed by atoms with Gasteiger partial charge >= 0.3 is 0 Å². The molecule has 1 aromatic rings. The highest BCUT2D eigenvalue weighted by molar-refractivity contribution is 9.10. The first-order valence-electron chi connectivity index (χ1n) is 7.55. The summed E-state index contributed by atoms with van der Waals surface area (Å²) in [5.41, 5.74) is 0.955. The van der Waals surface area contributed by atoms with E-state index < -0.39 is 10.0 Å². The summed E-state index contributed by atoms with van der Waals surface area (Å²) in [5, 5.41) is 3.31. The van der Waals surface area contributed by atoms with Crippen molar-refractivity contribution in [1.29, 1.82) is 0 Å². The Morgan fingerprint density at radius 2 is 2.09 bits per heavy atom. The molecule has 122 valence electrons. The van der Waals surface area contributed by atoms with E-state index in [1.54, 1.807) is 6.07 Å². The Hall–Kier alpha value is -0.630. The lowest BCUT2D eigenvalue weighted by Gasteiger charge is -2.34. The molecule has 0 radical (unpaired) electrons. The summed E-state index contributed by atoms with van der Waals surface area (Å²) in [6, 6.07) is 3.55. The standard InChI is InChI=1S/C15H21BrN2O3S/c1-15(3-5-17-6-4-15)10-18-22(19,20)13-9-12(16)8-11-2-7-21-14(11)13/h8-9,17-18H,2-7,10H2,1H3. The number of rotatable bonds is 4. The topological polar surface area (TPSA) is 67.4 Å². The molecule has 0 unspecified atom stereocenters. The first-order valence-corrected chi connectivity index (χ1v) is 9.83. The van der Waals surface area contributed by atoms with Crippen LogP contribution in [0.5, 0.6) is 5.75 Å². The van der Waals surface area contributed by atoms with Gasteiger partial charge in [-0.15, -0.1) is 0 Å². The minimum Gasteiger partial charge on any atom is -0.492 e. The minimum absolute atomic E-state index is 0.00830. The van der Waals surface area contributed by atoms with Gasteiger partial charge in [0.1, 0.15) is 10.6 Å². The molecule has 7 heteroatoms. The average Bonchev–Trinajstić information content (AvgIpc) is 2.93. The molecule has 3 rings (SSSR count). The predicted octanol–water partition coefficient (Wildman–Crippen LogP) is 2.05. The number of nitrogens with one attached hydrogen (secondary N) is 2. The van der Waals surface area contributed by atoms with Crippen LogP contribution in [0.1, 0.15) is 25.3 Å². The van der Waals surface area contributed by atoms with E-state index in [1.807, 2.05) is 6.07 Å². The lowest BCUT2D eigenvalue weighted by atomic mass is 9.81. The van der Waals surface area contributed by atoms with E-state index in [2.05, 4.69) is 32.9 Å². The molecule has 1 saturated heterocycles. The quantitative estimate of drug-likeness (QED) is 0.827. The Balaban J connectivity index is 1.82. The van der Waals surface area contributed by atoms with Crippen molar-refractivity contribution >= 4 is 26.0 Å². The van der Waals surface area contributed by atoms with Crippen LogP contribution in [0.2, 0.25) is 0 Å². The van der Waals surface area contributed by atoms with E-state index in [9.17, 15) is 8.42 Å². The lowest BCUT2D eigenvalue weighted by molar-refractivity contribution is 0.232. The summed E-state index contributed by atoms with van der Waals surface area (Å²) in [6.07, 6.45) is 2.70. The zero-order chi connectivity index (χ0) is 15.8. The van der Waals surface area contributed by atoms with Gasteiger partial charge in [-0.2, -0.15) is 0 Å². The number of sulfonamides is 1. The summed E-state index contributed by atoms with van der Waals surface area (Å²) < 4.78 is 34.5. The molecule has 0 saturated carbocycles. The maximum Gasteiger partial charge on any atom is 0.244 e. The van der Waals surface area contributed by atoms with E-state index in [4.69, 9.17) is 4.74 Å². The van der Waals surface area contributed by atoms with Crippen molar-refractivity contribution in [3.05, 3.63) is 22.2 Å². The van der Waals surface area contributed by atoms with Gasteiger partial charge in [0, 0.05) is 23.0 Å². The molecule has 0 aromatic heterocycles. The van der Waals surface area contributed by atoms with E-state index in [1.165, 1.54) is 0 Å². The normalized spacial score (nSPS) is 20.5. The lowest BCUT2D eigenvalue weighted by Crippen LogP contribution is -2.42. The maximum absolute atomic E-state index is 12.7. The van der Waals surface area contributed by atoms with E-state index in [0.29, 0.717) is 18.9 Å². The van der Waals surface area contributed by atoms with Gasteiger partial charge in [0.25, 0.3) is 0 Å². The van der Waals surface area contributed by atoms with Crippen molar-refractivity contribution in [3.63, 3.8) is 0 Å². The van der Waals surface area contributed by atoms with Crippen LogP contribution in [0.3, 0.4) is 0 Å². The van der Waals surface area contributed by atoms with Gasteiger partial charge in [-0.05, 0) is 43.5 Å². The third-order valence-electron chi connectivity index (χ3n) is 4.50. The van der Waals surface area contributed by atoms with Gasteiger partial charge in [0.15, 0.2) is 0 Å². The highest BCUT2D eigenvalue weighted by Crippen LogP contribution is 2.36. The van der Waals surface area contributed by atoms with E-state index in [0.717, 1.165) is 42.4 Å².